The van der Waals surface area contributed by atoms with Crippen LogP contribution in [0, 0.1) is 17.8 Å². The van der Waals surface area contributed by atoms with E-state index < -0.39 is 0 Å². The number of benzene rings is 3. The smallest absolute Gasteiger partial charge is 0.164 e. The molecule has 0 spiro atoms. The van der Waals surface area contributed by atoms with Crippen LogP contribution in [-0.4, -0.2) is 26.3 Å². The van der Waals surface area contributed by atoms with Crippen molar-refractivity contribution in [1.82, 2.24) is 15.0 Å². The van der Waals surface area contributed by atoms with Crippen molar-refractivity contribution in [3.05, 3.63) is 153 Å². The van der Waals surface area contributed by atoms with E-state index in [0.29, 0.717) is 22.9 Å². The van der Waals surface area contributed by atoms with Gasteiger partial charge in [-0.3, -0.25) is 0 Å². The van der Waals surface area contributed by atoms with Crippen molar-refractivity contribution in [3.8, 4) is 28.5 Å². The van der Waals surface area contributed by atoms with Gasteiger partial charge in [0, 0.05) is 53.8 Å². The van der Waals surface area contributed by atoms with E-state index in [1.807, 2.05) is 17.4 Å². The largest absolute Gasteiger partial charge is 0.488 e. The summed E-state index contributed by atoms with van der Waals surface area (Å²) in [6.07, 6.45) is 27.1. The molecule has 0 N–H and O–H groups in total. The molecule has 55 heavy (non-hydrogen) atoms. The van der Waals surface area contributed by atoms with E-state index in [9.17, 15) is 0 Å². The van der Waals surface area contributed by atoms with E-state index in [0.717, 1.165) is 59.8 Å². The molecule has 0 bridgehead atoms. The summed E-state index contributed by atoms with van der Waals surface area (Å²) in [5.41, 5.74) is 8.90. The fourth-order valence-corrected chi connectivity index (χ4v) is 12.8. The normalized spacial score (nSPS) is 25.8. The Morgan fingerprint density at radius 3 is 2.56 bits per heavy atom. The minimum absolute atomic E-state index is 0.0214. The topological polar surface area (TPSA) is 47.9 Å². The number of hydrogen-bond donors (Lipinski definition) is 0. The quantitative estimate of drug-likeness (QED) is 0.166. The zero-order valence-corrected chi connectivity index (χ0v) is 32.7. The van der Waals surface area contributed by atoms with Crippen LogP contribution in [0.25, 0.3) is 44.5 Å². The molecule has 6 atom stereocenters. The van der Waals surface area contributed by atoms with Crippen LogP contribution in [0.2, 0.25) is 0 Å². The number of thioether (sulfide) groups is 1. The average molecular weight is 754 g/mol. The van der Waals surface area contributed by atoms with Gasteiger partial charge in [-0.1, -0.05) is 129 Å². The maximum absolute atomic E-state index is 7.03. The summed E-state index contributed by atoms with van der Waals surface area (Å²) in [6, 6.07) is 25.8. The molecule has 11 rings (SSSR count). The van der Waals surface area contributed by atoms with Crippen LogP contribution < -0.4 is 4.74 Å². The highest BCUT2D eigenvalue weighted by molar-refractivity contribution is 8.04. The molecule has 272 valence electrons. The molecule has 4 aliphatic carbocycles. The van der Waals surface area contributed by atoms with Gasteiger partial charge in [-0.25, -0.2) is 15.0 Å². The van der Waals surface area contributed by atoms with Crippen LogP contribution in [0.5, 0.6) is 5.75 Å². The van der Waals surface area contributed by atoms with Crippen molar-refractivity contribution in [2.24, 2.45) is 17.8 Å². The fourth-order valence-electron chi connectivity index (χ4n) is 9.85. The van der Waals surface area contributed by atoms with Gasteiger partial charge in [0.1, 0.15) is 11.9 Å². The van der Waals surface area contributed by atoms with Gasteiger partial charge in [0.15, 0.2) is 17.5 Å². The number of aromatic nitrogens is 3. The van der Waals surface area contributed by atoms with Gasteiger partial charge in [0.2, 0.25) is 0 Å². The Hall–Kier alpha value is -4.78. The molecule has 0 radical (unpaired) electrons. The molecule has 0 saturated carbocycles. The van der Waals surface area contributed by atoms with Gasteiger partial charge >= 0.3 is 0 Å². The third-order valence-electron chi connectivity index (χ3n) is 12.5. The molecule has 0 fully saturated rings. The Balaban J connectivity index is 1.01. The molecular formula is C49H43N3OS2. The second kappa shape index (κ2) is 13.8. The fraction of sp³-hybridized carbons (Fsp3) is 0.286. The number of para-hydroxylation sites is 1. The van der Waals surface area contributed by atoms with Crippen LogP contribution in [0.15, 0.2) is 131 Å². The van der Waals surface area contributed by atoms with Crippen LogP contribution >= 0.6 is 23.1 Å². The SMILES string of the molecule is CCCCC1C=Cc2c(sc3cc(-c4nc(C5=CCC(C6=CCCC7=C6SC6C=CC=CC76)C6Oc7ccccc7C56)nc(-c5ccccc5)n4)ccc23)C1. The zero-order valence-electron chi connectivity index (χ0n) is 31.0. The highest BCUT2D eigenvalue weighted by Gasteiger charge is 2.48. The van der Waals surface area contributed by atoms with Gasteiger partial charge < -0.3 is 4.74 Å². The molecule has 2 aromatic heterocycles. The molecule has 6 unspecified atom stereocenters. The van der Waals surface area contributed by atoms with Crippen LogP contribution in [0.3, 0.4) is 0 Å². The average Bonchev–Trinajstić information content (AvgIpc) is 3.94. The Morgan fingerprint density at radius 1 is 0.818 bits per heavy atom. The first kappa shape index (κ1) is 33.5. The number of allylic oxidation sites excluding steroid dienone is 8. The monoisotopic (exact) mass is 753 g/mol. The highest BCUT2D eigenvalue weighted by Crippen LogP contribution is 2.58. The molecule has 3 aromatic carbocycles. The Morgan fingerprint density at radius 2 is 1.65 bits per heavy atom. The lowest BCUT2D eigenvalue weighted by molar-refractivity contribution is 0.164. The van der Waals surface area contributed by atoms with Gasteiger partial charge in [-0.2, -0.15) is 0 Å². The summed E-state index contributed by atoms with van der Waals surface area (Å²) in [4.78, 5) is 18.8. The number of rotatable bonds is 7. The number of thiophene rings is 1. The lowest BCUT2D eigenvalue weighted by Crippen LogP contribution is -2.34. The molecule has 5 aromatic rings. The first-order chi connectivity index (χ1) is 27.2. The summed E-state index contributed by atoms with van der Waals surface area (Å²) in [5, 5.41) is 1.83. The van der Waals surface area contributed by atoms with E-state index in [-0.39, 0.29) is 17.9 Å². The lowest BCUT2D eigenvalue weighted by Gasteiger charge is -2.36. The molecule has 6 heteroatoms. The second-order valence-corrected chi connectivity index (χ2v) is 18.1. The van der Waals surface area contributed by atoms with E-state index >= 15 is 0 Å². The van der Waals surface area contributed by atoms with Crippen molar-refractivity contribution in [3.63, 3.8) is 0 Å². The van der Waals surface area contributed by atoms with Crippen molar-refractivity contribution in [2.75, 3.05) is 0 Å². The van der Waals surface area contributed by atoms with Crippen molar-refractivity contribution in [1.29, 1.82) is 0 Å². The number of unbranched alkanes of at least 4 members (excludes halogenated alkanes) is 1. The van der Waals surface area contributed by atoms with Crippen LogP contribution in [0.4, 0.5) is 0 Å². The van der Waals surface area contributed by atoms with E-state index in [4.69, 9.17) is 19.7 Å². The van der Waals surface area contributed by atoms with E-state index in [2.05, 4.69) is 134 Å². The summed E-state index contributed by atoms with van der Waals surface area (Å²) in [7, 11) is 0. The number of ether oxygens (including phenoxy) is 1. The Bertz CT molecular complexity index is 2540. The molecule has 4 heterocycles. The first-order valence-electron chi connectivity index (χ1n) is 20.2. The number of nitrogens with zero attached hydrogens (tertiary/aromatic N) is 3. The van der Waals surface area contributed by atoms with Gasteiger partial charge in [0.25, 0.3) is 0 Å². The summed E-state index contributed by atoms with van der Waals surface area (Å²) >= 11 is 4.01. The summed E-state index contributed by atoms with van der Waals surface area (Å²) in [6.45, 7) is 2.28. The molecule has 0 amide bonds. The van der Waals surface area contributed by atoms with Crippen LogP contribution in [-0.2, 0) is 6.42 Å². The molecule has 0 saturated heterocycles. The van der Waals surface area contributed by atoms with Gasteiger partial charge in [-0.15, -0.1) is 23.1 Å². The Labute approximate surface area is 331 Å². The number of fused-ring (bicyclic) bond motifs is 8. The maximum atomic E-state index is 7.03. The van der Waals surface area contributed by atoms with E-state index in [1.54, 1.807) is 5.57 Å². The minimum Gasteiger partial charge on any atom is -0.488 e. The predicted octanol–water partition coefficient (Wildman–Crippen LogP) is 12.6. The van der Waals surface area contributed by atoms with Gasteiger partial charge in [0.05, 0.1) is 5.92 Å². The van der Waals surface area contributed by atoms with Crippen molar-refractivity contribution in [2.45, 2.75) is 69.1 Å². The predicted molar refractivity (Wildman–Crippen MR) is 229 cm³/mol. The maximum Gasteiger partial charge on any atom is 0.164 e. The third kappa shape index (κ3) is 5.74. The van der Waals surface area contributed by atoms with Crippen molar-refractivity contribution >= 4 is 44.8 Å². The second-order valence-electron chi connectivity index (χ2n) is 15.8. The first-order valence-corrected chi connectivity index (χ1v) is 21.9. The lowest BCUT2D eigenvalue weighted by atomic mass is 9.71. The third-order valence-corrected chi connectivity index (χ3v) is 15.2. The summed E-state index contributed by atoms with van der Waals surface area (Å²) < 4.78 is 8.33. The number of hydrogen-bond acceptors (Lipinski definition) is 6. The minimum atomic E-state index is -0.0341. The van der Waals surface area contributed by atoms with Gasteiger partial charge in [-0.05, 0) is 72.3 Å². The molecular weight excluding hydrogens is 711 g/mol. The standard InChI is InChI=1S/C49H43N3OS2/c1-2-3-12-29-21-23-33-34-24-22-31(28-43(34)54-42(33)27-29)48-50-47(30-13-5-4-6-14-30)51-49(52-48)39-26-25-35(45-44(39)38-16-7-9-19-40(38)53-45)37-18-11-17-36-32-15-8-10-20-41(32)55-46(36)37/h4-10,13-16,18-24,26,28-29,32,35,41,44-45H,2-3,11-12,17,25,27H2,1H3. The molecule has 4 nitrogen and oxygen atoms in total. The summed E-state index contributed by atoms with van der Waals surface area (Å²) in [5.74, 6) is 4.58. The highest BCUT2D eigenvalue weighted by atomic mass is 32.2. The zero-order chi connectivity index (χ0) is 36.5. The van der Waals surface area contributed by atoms with Crippen molar-refractivity contribution < 1.29 is 4.74 Å². The molecule has 6 aliphatic rings. The van der Waals surface area contributed by atoms with Crippen LogP contribution in [0.1, 0.15) is 73.2 Å². The Kier molecular flexibility index (Phi) is 8.39. The molecule has 2 aliphatic heterocycles. The van der Waals surface area contributed by atoms with E-state index in [1.165, 1.54) is 55.8 Å².